The van der Waals surface area contributed by atoms with Gasteiger partial charge in [0.05, 0.1) is 41.6 Å². The first-order valence-electron chi connectivity index (χ1n) is 10.6. The summed E-state index contributed by atoms with van der Waals surface area (Å²) in [5.41, 5.74) is 1.19. The van der Waals surface area contributed by atoms with Crippen LogP contribution in [-0.2, 0) is 9.59 Å². The molecule has 1 atom stereocenters. The molecule has 7 nitrogen and oxygen atoms in total. The number of Topliss-reactive ketones (excluding diaryl/α,β-unsaturated/α-hetero) is 1. The zero-order valence-corrected chi connectivity index (χ0v) is 19.5. The van der Waals surface area contributed by atoms with Crippen LogP contribution < -0.4 is 14.4 Å². The Morgan fingerprint density at radius 2 is 1.77 bits per heavy atom. The van der Waals surface area contributed by atoms with Crippen molar-refractivity contribution < 1.29 is 28.6 Å². The third-order valence-electron chi connectivity index (χ3n) is 5.78. The second-order valence-corrected chi connectivity index (χ2v) is 8.76. The third kappa shape index (κ3) is 3.79. The van der Waals surface area contributed by atoms with Gasteiger partial charge in [-0.1, -0.05) is 35.6 Å². The smallest absolute Gasteiger partial charge is 0.301 e. The number of rotatable bonds is 5. The molecule has 176 valence electrons. The zero-order valence-electron chi connectivity index (χ0n) is 18.7. The van der Waals surface area contributed by atoms with E-state index in [1.165, 1.54) is 47.6 Å². The van der Waals surface area contributed by atoms with Crippen molar-refractivity contribution in [2.75, 3.05) is 19.1 Å². The first-order chi connectivity index (χ1) is 16.9. The summed E-state index contributed by atoms with van der Waals surface area (Å²) in [4.78, 5) is 32.4. The van der Waals surface area contributed by atoms with Crippen LogP contribution in [0.1, 0.15) is 17.2 Å². The number of ketones is 1. The van der Waals surface area contributed by atoms with Gasteiger partial charge in [0.1, 0.15) is 23.1 Å². The Kier molecular flexibility index (Phi) is 5.70. The standard InChI is InChI=1S/C26H19FN2O5S/c1-33-16-11-12-18-20(13-16)35-26(28-18)29-22(14-7-9-15(27)10-8-14)21(24(31)25(29)32)23(30)17-5-3-4-6-19(17)34-2/h3-13,22,30H,1-2H3/b23-21+. The number of carbonyl (C=O) groups excluding carboxylic acids is 2. The van der Waals surface area contributed by atoms with Crippen molar-refractivity contribution in [3.63, 3.8) is 0 Å². The number of aliphatic hydroxyl groups excluding tert-OH is 1. The molecule has 5 rings (SSSR count). The fraction of sp³-hybridized carbons (Fsp3) is 0.115. The van der Waals surface area contributed by atoms with Crippen LogP contribution in [0.5, 0.6) is 11.5 Å². The highest BCUT2D eigenvalue weighted by atomic mass is 32.1. The van der Waals surface area contributed by atoms with Crippen molar-refractivity contribution in [1.82, 2.24) is 4.98 Å². The first-order valence-corrected chi connectivity index (χ1v) is 11.4. The zero-order chi connectivity index (χ0) is 24.7. The Morgan fingerprint density at radius 3 is 2.49 bits per heavy atom. The van der Waals surface area contributed by atoms with Crippen LogP contribution in [0.4, 0.5) is 9.52 Å². The maximum atomic E-state index is 13.7. The third-order valence-corrected chi connectivity index (χ3v) is 6.80. The van der Waals surface area contributed by atoms with Crippen molar-refractivity contribution in [1.29, 1.82) is 0 Å². The van der Waals surface area contributed by atoms with Gasteiger partial charge >= 0.3 is 5.91 Å². The highest BCUT2D eigenvalue weighted by Gasteiger charge is 2.48. The number of amides is 1. The predicted octanol–water partition coefficient (Wildman–Crippen LogP) is 5.08. The van der Waals surface area contributed by atoms with Crippen LogP contribution in [0.3, 0.4) is 0 Å². The van der Waals surface area contributed by atoms with Crippen LogP contribution in [0.15, 0.2) is 72.3 Å². The summed E-state index contributed by atoms with van der Waals surface area (Å²) >= 11 is 1.21. The number of carbonyl (C=O) groups is 2. The molecule has 0 spiro atoms. The Bertz CT molecular complexity index is 1500. The number of anilines is 1. The molecule has 0 aliphatic carbocycles. The summed E-state index contributed by atoms with van der Waals surface area (Å²) in [5.74, 6) is -1.62. The van der Waals surface area contributed by atoms with Crippen LogP contribution in [0, 0.1) is 5.82 Å². The lowest BCUT2D eigenvalue weighted by Crippen LogP contribution is -2.29. The number of halogens is 1. The van der Waals surface area contributed by atoms with Crippen LogP contribution in [0.25, 0.3) is 16.0 Å². The van der Waals surface area contributed by atoms with E-state index in [4.69, 9.17) is 9.47 Å². The molecule has 3 aromatic carbocycles. The molecule has 1 N–H and O–H groups in total. The molecule has 0 radical (unpaired) electrons. The summed E-state index contributed by atoms with van der Waals surface area (Å²) in [5, 5.41) is 11.5. The number of aliphatic hydroxyl groups is 1. The second kappa shape index (κ2) is 8.84. The van der Waals surface area contributed by atoms with E-state index < -0.39 is 23.5 Å². The Hall–Kier alpha value is -4.24. The van der Waals surface area contributed by atoms with Gasteiger partial charge in [0.2, 0.25) is 0 Å². The summed E-state index contributed by atoms with van der Waals surface area (Å²) in [6.07, 6.45) is 0. The molecule has 4 aromatic rings. The van der Waals surface area contributed by atoms with Gasteiger partial charge in [0.25, 0.3) is 5.78 Å². The monoisotopic (exact) mass is 490 g/mol. The van der Waals surface area contributed by atoms with Gasteiger partial charge in [-0.3, -0.25) is 14.5 Å². The largest absolute Gasteiger partial charge is 0.507 e. The normalized spacial score (nSPS) is 17.2. The molecule has 1 aliphatic heterocycles. The van der Waals surface area contributed by atoms with Crippen molar-refractivity contribution in [2.45, 2.75) is 6.04 Å². The van der Waals surface area contributed by atoms with E-state index in [9.17, 15) is 19.1 Å². The summed E-state index contributed by atoms with van der Waals surface area (Å²) in [6, 6.07) is 16.3. The predicted molar refractivity (Wildman–Crippen MR) is 130 cm³/mol. The molecule has 1 unspecified atom stereocenters. The van der Waals surface area contributed by atoms with Crippen molar-refractivity contribution in [2.24, 2.45) is 0 Å². The number of methoxy groups -OCH3 is 2. The number of hydrogen-bond donors (Lipinski definition) is 1. The second-order valence-electron chi connectivity index (χ2n) is 7.75. The van der Waals surface area contributed by atoms with Crippen molar-refractivity contribution in [3.05, 3.63) is 89.2 Å². The van der Waals surface area contributed by atoms with Gasteiger partial charge in [0, 0.05) is 0 Å². The van der Waals surface area contributed by atoms with Crippen molar-refractivity contribution >= 4 is 44.1 Å². The molecule has 2 heterocycles. The first kappa shape index (κ1) is 22.5. The molecule has 1 saturated heterocycles. The molecule has 9 heteroatoms. The van der Waals surface area contributed by atoms with E-state index in [-0.39, 0.29) is 22.0 Å². The van der Waals surface area contributed by atoms with E-state index >= 15 is 0 Å². The minimum Gasteiger partial charge on any atom is -0.507 e. The number of fused-ring (bicyclic) bond motifs is 1. The average molecular weight is 491 g/mol. The molecule has 1 aromatic heterocycles. The van der Waals surface area contributed by atoms with Gasteiger partial charge in [-0.25, -0.2) is 9.37 Å². The quantitative estimate of drug-likeness (QED) is 0.239. The summed E-state index contributed by atoms with van der Waals surface area (Å²) in [6.45, 7) is 0. The number of aromatic nitrogens is 1. The number of ether oxygens (including phenoxy) is 2. The molecular formula is C26H19FN2O5S. The molecule has 0 bridgehead atoms. The SMILES string of the molecule is COc1ccc2nc(N3C(=O)C(=O)/C(=C(/O)c4ccccc4OC)C3c3ccc(F)cc3)sc2c1. The molecule has 1 aliphatic rings. The van der Waals surface area contributed by atoms with Gasteiger partial charge < -0.3 is 14.6 Å². The van der Waals surface area contributed by atoms with Gasteiger partial charge in [-0.15, -0.1) is 0 Å². The van der Waals surface area contributed by atoms with Gasteiger partial charge in [-0.2, -0.15) is 0 Å². The minimum absolute atomic E-state index is 0.136. The lowest BCUT2D eigenvalue weighted by molar-refractivity contribution is -0.132. The number of nitrogens with zero attached hydrogens (tertiary/aromatic N) is 2. The number of benzene rings is 3. The van der Waals surface area contributed by atoms with E-state index in [0.717, 1.165) is 4.70 Å². The van der Waals surface area contributed by atoms with Crippen LogP contribution in [-0.4, -0.2) is 36.0 Å². The molecule has 35 heavy (non-hydrogen) atoms. The lowest BCUT2D eigenvalue weighted by Gasteiger charge is -2.23. The maximum absolute atomic E-state index is 13.7. The van der Waals surface area contributed by atoms with Gasteiger partial charge in [-0.05, 0) is 48.0 Å². The van der Waals surface area contributed by atoms with E-state index in [1.54, 1.807) is 49.6 Å². The van der Waals surface area contributed by atoms with Gasteiger partial charge in [0.15, 0.2) is 5.13 Å². The molecule has 1 fully saturated rings. The summed E-state index contributed by atoms with van der Waals surface area (Å²) in [7, 11) is 2.99. The number of para-hydroxylation sites is 1. The number of hydrogen-bond acceptors (Lipinski definition) is 7. The molecular weight excluding hydrogens is 471 g/mol. The Balaban J connectivity index is 1.73. The topological polar surface area (TPSA) is 89.0 Å². The highest BCUT2D eigenvalue weighted by molar-refractivity contribution is 7.22. The summed E-state index contributed by atoms with van der Waals surface area (Å²) < 4.78 is 25.1. The van der Waals surface area contributed by atoms with Crippen LogP contribution in [0.2, 0.25) is 0 Å². The lowest BCUT2D eigenvalue weighted by atomic mass is 9.95. The van der Waals surface area contributed by atoms with Crippen LogP contribution >= 0.6 is 11.3 Å². The van der Waals surface area contributed by atoms with Crippen molar-refractivity contribution in [3.8, 4) is 11.5 Å². The van der Waals surface area contributed by atoms with E-state index in [2.05, 4.69) is 4.98 Å². The average Bonchev–Trinajstić information content (AvgIpc) is 3.41. The maximum Gasteiger partial charge on any atom is 0.301 e. The Labute approximate surface area is 203 Å². The number of thiazole rings is 1. The fourth-order valence-electron chi connectivity index (χ4n) is 4.10. The molecule has 1 amide bonds. The highest BCUT2D eigenvalue weighted by Crippen LogP contribution is 2.45. The fourth-order valence-corrected chi connectivity index (χ4v) is 5.12. The Morgan fingerprint density at radius 1 is 1.03 bits per heavy atom. The minimum atomic E-state index is -1.03. The van der Waals surface area contributed by atoms with E-state index in [1.807, 2.05) is 0 Å². The van der Waals surface area contributed by atoms with E-state index in [0.29, 0.717) is 22.6 Å². The molecule has 0 saturated carbocycles.